The van der Waals surface area contributed by atoms with Crippen LogP contribution in [0.4, 0.5) is 23.2 Å². The van der Waals surface area contributed by atoms with Crippen LogP contribution in [0.1, 0.15) is 26.2 Å². The van der Waals surface area contributed by atoms with E-state index in [0.29, 0.717) is 13.1 Å². The van der Waals surface area contributed by atoms with Crippen LogP contribution in [0.3, 0.4) is 0 Å². The molecule has 0 saturated carbocycles. The number of fused-ring (bicyclic) bond motifs is 1. The van der Waals surface area contributed by atoms with E-state index in [1.807, 2.05) is 0 Å². The van der Waals surface area contributed by atoms with Crippen LogP contribution >= 0.6 is 0 Å². The third-order valence-corrected chi connectivity index (χ3v) is 4.45. The molecule has 2 fully saturated rings. The Balaban J connectivity index is 1.96. The number of hydrogen-bond donors (Lipinski definition) is 0. The van der Waals surface area contributed by atoms with Gasteiger partial charge < -0.3 is 4.90 Å². The van der Waals surface area contributed by atoms with Crippen molar-refractivity contribution < 1.29 is 17.6 Å². The van der Waals surface area contributed by atoms with Crippen molar-refractivity contribution in [3.05, 3.63) is 23.5 Å². The lowest BCUT2D eigenvalue weighted by Gasteiger charge is -2.48. The molecule has 3 nitrogen and oxygen atoms in total. The highest BCUT2D eigenvalue weighted by atomic mass is 19.2. The maximum Gasteiger partial charge on any atom is 0.253 e. The van der Waals surface area contributed by atoms with E-state index >= 15 is 0 Å². The molecule has 2 unspecified atom stereocenters. The summed E-state index contributed by atoms with van der Waals surface area (Å²) in [7, 11) is 0. The van der Waals surface area contributed by atoms with Crippen LogP contribution in [0.5, 0.6) is 0 Å². The molecule has 0 aliphatic carbocycles. The third kappa shape index (κ3) is 2.47. The lowest BCUT2D eigenvalue weighted by molar-refractivity contribution is 0.114. The molecule has 2 saturated heterocycles. The number of halogens is 4. The fourth-order valence-electron chi connectivity index (χ4n) is 3.39. The number of piperidine rings is 1. The number of piperazine rings is 1. The summed E-state index contributed by atoms with van der Waals surface area (Å²) < 4.78 is 54.5. The van der Waals surface area contributed by atoms with Gasteiger partial charge in [0.2, 0.25) is 11.6 Å². The van der Waals surface area contributed by atoms with Crippen LogP contribution in [-0.4, -0.2) is 41.6 Å². The average molecular weight is 303 g/mol. The molecule has 0 amide bonds. The summed E-state index contributed by atoms with van der Waals surface area (Å²) in [5.41, 5.74) is -0.627. The molecule has 0 aromatic carbocycles. The molecule has 21 heavy (non-hydrogen) atoms. The van der Waals surface area contributed by atoms with Crippen molar-refractivity contribution >= 4 is 5.69 Å². The van der Waals surface area contributed by atoms with Gasteiger partial charge in [0, 0.05) is 25.2 Å². The van der Waals surface area contributed by atoms with Gasteiger partial charge in [-0.05, 0) is 26.3 Å². The predicted molar refractivity (Wildman–Crippen MR) is 70.1 cm³/mol. The van der Waals surface area contributed by atoms with E-state index in [9.17, 15) is 17.6 Å². The molecule has 1 aromatic rings. The van der Waals surface area contributed by atoms with Crippen LogP contribution in [0, 0.1) is 23.5 Å². The largest absolute Gasteiger partial charge is 0.361 e. The Morgan fingerprint density at radius 2 is 1.67 bits per heavy atom. The SMILES string of the molecule is CC1CN2CCCCC2CN1c1c(F)c(F)nc(F)c1F. The minimum Gasteiger partial charge on any atom is -0.361 e. The normalized spacial score (nSPS) is 26.8. The van der Waals surface area contributed by atoms with Crippen molar-refractivity contribution in [3.8, 4) is 0 Å². The highest BCUT2D eigenvalue weighted by Gasteiger charge is 2.36. The highest BCUT2D eigenvalue weighted by Crippen LogP contribution is 2.32. The predicted octanol–water partition coefficient (Wildman–Crippen LogP) is 2.70. The van der Waals surface area contributed by atoms with Crippen molar-refractivity contribution in [1.29, 1.82) is 0 Å². The number of nitrogens with zero attached hydrogens (tertiary/aromatic N) is 3. The Morgan fingerprint density at radius 3 is 2.33 bits per heavy atom. The fourth-order valence-corrected chi connectivity index (χ4v) is 3.39. The van der Waals surface area contributed by atoms with E-state index in [0.717, 1.165) is 25.8 Å². The average Bonchev–Trinajstić information content (AvgIpc) is 2.46. The van der Waals surface area contributed by atoms with Gasteiger partial charge in [-0.3, -0.25) is 4.90 Å². The molecule has 3 heterocycles. The second kappa shape index (κ2) is 5.44. The van der Waals surface area contributed by atoms with Crippen LogP contribution < -0.4 is 4.90 Å². The molecule has 2 aliphatic heterocycles. The number of rotatable bonds is 1. The fraction of sp³-hybridized carbons (Fsp3) is 0.643. The van der Waals surface area contributed by atoms with E-state index in [4.69, 9.17) is 0 Å². The van der Waals surface area contributed by atoms with Gasteiger partial charge in [0.05, 0.1) is 0 Å². The molecular formula is C14H17F4N3. The van der Waals surface area contributed by atoms with Gasteiger partial charge in [-0.25, -0.2) is 0 Å². The summed E-state index contributed by atoms with van der Waals surface area (Å²) in [4.78, 5) is 6.34. The van der Waals surface area contributed by atoms with E-state index in [-0.39, 0.29) is 12.1 Å². The maximum atomic E-state index is 13.9. The smallest absolute Gasteiger partial charge is 0.253 e. The third-order valence-electron chi connectivity index (χ3n) is 4.45. The first-order chi connectivity index (χ1) is 9.99. The standard InChI is InChI=1S/C14H17F4N3/c1-8-6-20-5-3-2-4-9(20)7-21(8)12-10(15)13(17)19-14(18)11(12)16/h8-9H,2-7H2,1H3. The van der Waals surface area contributed by atoms with Crippen molar-refractivity contribution in [2.24, 2.45) is 0 Å². The first-order valence-electron chi connectivity index (χ1n) is 7.19. The summed E-state index contributed by atoms with van der Waals surface area (Å²) in [6.07, 6.45) is 3.11. The van der Waals surface area contributed by atoms with Crippen molar-refractivity contribution in [2.45, 2.75) is 38.3 Å². The van der Waals surface area contributed by atoms with Crippen molar-refractivity contribution in [2.75, 3.05) is 24.5 Å². The van der Waals surface area contributed by atoms with Crippen molar-refractivity contribution in [3.63, 3.8) is 0 Å². The molecule has 0 N–H and O–H groups in total. The van der Waals surface area contributed by atoms with Gasteiger partial charge in [-0.2, -0.15) is 22.5 Å². The number of aromatic nitrogens is 1. The summed E-state index contributed by atoms with van der Waals surface area (Å²) in [6.45, 7) is 3.78. The van der Waals surface area contributed by atoms with Gasteiger partial charge in [0.15, 0.2) is 0 Å². The van der Waals surface area contributed by atoms with Crippen LogP contribution in [0.25, 0.3) is 0 Å². The van der Waals surface area contributed by atoms with E-state index in [1.54, 1.807) is 6.92 Å². The highest BCUT2D eigenvalue weighted by molar-refractivity contribution is 5.50. The number of anilines is 1. The Labute approximate surface area is 120 Å². The van der Waals surface area contributed by atoms with Crippen LogP contribution in [0.2, 0.25) is 0 Å². The zero-order chi connectivity index (χ0) is 15.1. The molecule has 1 aromatic heterocycles. The van der Waals surface area contributed by atoms with E-state index in [2.05, 4.69) is 9.88 Å². The van der Waals surface area contributed by atoms with Crippen LogP contribution in [-0.2, 0) is 0 Å². The molecule has 0 radical (unpaired) electrons. The topological polar surface area (TPSA) is 19.4 Å². The van der Waals surface area contributed by atoms with E-state index < -0.39 is 29.2 Å². The summed E-state index contributed by atoms with van der Waals surface area (Å²) >= 11 is 0. The molecule has 0 bridgehead atoms. The Morgan fingerprint density at radius 1 is 1.00 bits per heavy atom. The van der Waals surface area contributed by atoms with Crippen molar-refractivity contribution in [1.82, 2.24) is 9.88 Å². The van der Waals surface area contributed by atoms with Gasteiger partial charge in [-0.1, -0.05) is 6.42 Å². The molecular weight excluding hydrogens is 286 g/mol. The maximum absolute atomic E-state index is 13.9. The Bertz CT molecular complexity index is 525. The molecule has 7 heteroatoms. The van der Waals surface area contributed by atoms with E-state index in [1.165, 1.54) is 4.90 Å². The molecule has 3 rings (SSSR count). The molecule has 0 spiro atoms. The molecule has 2 atom stereocenters. The Kier molecular flexibility index (Phi) is 3.77. The summed E-state index contributed by atoms with van der Waals surface area (Å²) in [6, 6.07) is -0.0439. The number of pyridine rings is 1. The lowest BCUT2D eigenvalue weighted by atomic mass is 9.96. The Hall–Kier alpha value is -1.37. The second-order valence-electron chi connectivity index (χ2n) is 5.82. The zero-order valence-corrected chi connectivity index (χ0v) is 11.8. The number of hydrogen-bond acceptors (Lipinski definition) is 3. The summed E-state index contributed by atoms with van der Waals surface area (Å²) in [5, 5.41) is 0. The lowest BCUT2D eigenvalue weighted by Crippen LogP contribution is -2.59. The quantitative estimate of drug-likeness (QED) is 0.587. The van der Waals surface area contributed by atoms with Gasteiger partial charge in [0.1, 0.15) is 5.69 Å². The molecule has 116 valence electrons. The zero-order valence-electron chi connectivity index (χ0n) is 11.8. The first kappa shape index (κ1) is 14.6. The van der Waals surface area contributed by atoms with Gasteiger partial charge in [0.25, 0.3) is 11.9 Å². The minimum absolute atomic E-state index is 0.174. The van der Waals surface area contributed by atoms with Gasteiger partial charge in [-0.15, -0.1) is 0 Å². The summed E-state index contributed by atoms with van der Waals surface area (Å²) in [5.74, 6) is -6.01. The van der Waals surface area contributed by atoms with Crippen LogP contribution in [0.15, 0.2) is 0 Å². The second-order valence-corrected chi connectivity index (χ2v) is 5.82. The van der Waals surface area contributed by atoms with Gasteiger partial charge >= 0.3 is 0 Å². The monoisotopic (exact) mass is 303 g/mol. The minimum atomic E-state index is -1.60. The first-order valence-corrected chi connectivity index (χ1v) is 7.19. The molecule has 2 aliphatic rings.